The fraction of sp³-hybridized carbons (Fsp3) is 0.632. The van der Waals surface area contributed by atoms with Gasteiger partial charge < -0.3 is 19.9 Å². The molecule has 0 aliphatic carbocycles. The van der Waals surface area contributed by atoms with E-state index in [2.05, 4.69) is 22.2 Å². The van der Waals surface area contributed by atoms with Gasteiger partial charge in [0.2, 0.25) is 15.9 Å². The van der Waals surface area contributed by atoms with Crippen LogP contribution in [0.2, 0.25) is 5.02 Å². The number of nitrogens with zero attached hydrogens (tertiary/aromatic N) is 3. The third-order valence-corrected chi connectivity index (χ3v) is 6.48. The molecule has 0 saturated carbocycles. The van der Waals surface area contributed by atoms with Gasteiger partial charge in [-0.1, -0.05) is 11.6 Å². The molecule has 1 fully saturated rings. The Bertz CT molecular complexity index is 797. The quantitative estimate of drug-likeness (QED) is 0.575. The molecule has 1 aliphatic rings. The second-order valence-electron chi connectivity index (χ2n) is 7.34. The number of nitrogens with one attached hydrogen (secondary N) is 1. The lowest BCUT2D eigenvalue weighted by Crippen LogP contribution is -2.48. The van der Waals surface area contributed by atoms with Gasteiger partial charge in [-0.05, 0) is 45.1 Å². The molecule has 0 spiro atoms. The number of sulfonamides is 1. The van der Waals surface area contributed by atoms with Gasteiger partial charge >= 0.3 is 0 Å². The molecule has 1 aromatic carbocycles. The van der Waals surface area contributed by atoms with E-state index in [-0.39, 0.29) is 11.6 Å². The highest BCUT2D eigenvalue weighted by Gasteiger charge is 2.31. The zero-order valence-corrected chi connectivity index (χ0v) is 19.1. The maximum atomic E-state index is 12.7. The molecule has 1 atom stereocenters. The van der Waals surface area contributed by atoms with E-state index in [9.17, 15) is 13.2 Å². The zero-order valence-electron chi connectivity index (χ0n) is 17.5. The Morgan fingerprint density at radius 3 is 2.55 bits per heavy atom. The Morgan fingerprint density at radius 2 is 1.97 bits per heavy atom. The largest absolute Gasteiger partial charge is 0.495 e. The number of carbonyl (C=O) groups excluding carboxylic acids is 1. The zero-order chi connectivity index (χ0) is 21.6. The van der Waals surface area contributed by atoms with Crippen molar-refractivity contribution >= 4 is 33.2 Å². The van der Waals surface area contributed by atoms with Gasteiger partial charge in [-0.3, -0.25) is 9.10 Å². The average molecular weight is 447 g/mol. The highest BCUT2D eigenvalue weighted by molar-refractivity contribution is 7.92. The van der Waals surface area contributed by atoms with Crippen molar-refractivity contribution in [3.63, 3.8) is 0 Å². The number of halogens is 1. The number of carbonyl (C=O) groups is 1. The molecule has 10 heteroatoms. The number of hydrogen-bond acceptors (Lipinski definition) is 6. The summed E-state index contributed by atoms with van der Waals surface area (Å²) in [5, 5.41) is 3.21. The standard InChI is InChI=1S/C19H31ClN4O4S/c1-15(19(25)21-8-5-9-23-12-10-22(2)11-13-23)24(29(4,26)27)17-14-16(20)6-7-18(17)28-3/h6-7,14-15H,5,8-13H2,1-4H3,(H,21,25)/t15-/m1/s1. The van der Waals surface area contributed by atoms with E-state index in [4.69, 9.17) is 16.3 Å². The van der Waals surface area contributed by atoms with E-state index >= 15 is 0 Å². The van der Waals surface area contributed by atoms with Crippen LogP contribution in [0.1, 0.15) is 13.3 Å². The number of likely N-dealkylation sites (N-methyl/N-ethyl adjacent to an activating group) is 1. The third kappa shape index (κ3) is 6.74. The van der Waals surface area contributed by atoms with Gasteiger partial charge in [0.1, 0.15) is 11.8 Å². The first-order valence-electron chi connectivity index (χ1n) is 9.65. The summed E-state index contributed by atoms with van der Waals surface area (Å²) in [6.07, 6.45) is 1.87. The molecule has 1 amide bonds. The number of methoxy groups -OCH3 is 1. The number of piperazine rings is 1. The minimum Gasteiger partial charge on any atom is -0.495 e. The van der Waals surface area contributed by atoms with Crippen molar-refractivity contribution in [3.05, 3.63) is 23.2 Å². The molecule has 1 heterocycles. The van der Waals surface area contributed by atoms with Crippen LogP contribution in [0.5, 0.6) is 5.75 Å². The van der Waals surface area contributed by atoms with Gasteiger partial charge in [0.25, 0.3) is 0 Å². The minimum atomic E-state index is -3.74. The number of ether oxygens (including phenoxy) is 1. The molecular weight excluding hydrogens is 416 g/mol. The molecule has 0 bridgehead atoms. The molecule has 8 nitrogen and oxygen atoms in total. The van der Waals surface area contributed by atoms with Crippen LogP contribution in [0.3, 0.4) is 0 Å². The maximum absolute atomic E-state index is 12.7. The Kier molecular flexibility index (Phi) is 8.57. The summed E-state index contributed by atoms with van der Waals surface area (Å²) >= 11 is 6.05. The number of rotatable bonds is 9. The molecule has 1 aliphatic heterocycles. The second-order valence-corrected chi connectivity index (χ2v) is 9.64. The first kappa shape index (κ1) is 23.7. The number of hydrogen-bond donors (Lipinski definition) is 1. The molecule has 2 rings (SSSR count). The van der Waals surface area contributed by atoms with E-state index in [1.807, 2.05) is 0 Å². The van der Waals surface area contributed by atoms with Gasteiger partial charge in [-0.25, -0.2) is 8.42 Å². The van der Waals surface area contributed by atoms with E-state index in [0.29, 0.717) is 17.3 Å². The molecule has 29 heavy (non-hydrogen) atoms. The first-order valence-corrected chi connectivity index (χ1v) is 11.9. The lowest BCUT2D eigenvalue weighted by molar-refractivity contribution is -0.121. The van der Waals surface area contributed by atoms with Crippen molar-refractivity contribution in [1.82, 2.24) is 15.1 Å². The van der Waals surface area contributed by atoms with Crippen molar-refractivity contribution < 1.29 is 17.9 Å². The lowest BCUT2D eigenvalue weighted by atomic mass is 10.2. The molecule has 1 aromatic rings. The SMILES string of the molecule is COc1ccc(Cl)cc1N([C@H](C)C(=O)NCCCN1CCN(C)CC1)S(C)(=O)=O. The van der Waals surface area contributed by atoms with Crippen molar-refractivity contribution in [2.45, 2.75) is 19.4 Å². The Balaban J connectivity index is 2.00. The van der Waals surface area contributed by atoms with Crippen LogP contribution in [-0.2, 0) is 14.8 Å². The van der Waals surface area contributed by atoms with E-state index < -0.39 is 16.1 Å². The predicted octanol–water partition coefficient (Wildman–Crippen LogP) is 1.26. The van der Waals surface area contributed by atoms with Crippen molar-refractivity contribution in [1.29, 1.82) is 0 Å². The number of anilines is 1. The molecule has 0 unspecified atom stereocenters. The van der Waals surface area contributed by atoms with E-state index in [0.717, 1.165) is 49.7 Å². The molecule has 1 saturated heterocycles. The third-order valence-electron chi connectivity index (χ3n) is 5.01. The molecule has 1 N–H and O–H groups in total. The molecule has 164 valence electrons. The number of benzene rings is 1. The highest BCUT2D eigenvalue weighted by Crippen LogP contribution is 2.34. The summed E-state index contributed by atoms with van der Waals surface area (Å²) < 4.78 is 31.2. The Hall–Kier alpha value is -1.55. The topological polar surface area (TPSA) is 82.2 Å². The van der Waals surface area contributed by atoms with Gasteiger partial charge in [-0.2, -0.15) is 0 Å². The predicted molar refractivity (Wildman–Crippen MR) is 116 cm³/mol. The van der Waals surface area contributed by atoms with Crippen molar-refractivity contribution in [3.8, 4) is 5.75 Å². The van der Waals surface area contributed by atoms with Crippen LogP contribution >= 0.6 is 11.6 Å². The summed E-state index contributed by atoms with van der Waals surface area (Å²) in [5.74, 6) is -0.0367. The summed E-state index contributed by atoms with van der Waals surface area (Å²) in [5.41, 5.74) is 0.239. The fourth-order valence-corrected chi connectivity index (χ4v) is 4.69. The van der Waals surface area contributed by atoms with Crippen molar-refractivity contribution in [2.75, 3.05) is 64.0 Å². The van der Waals surface area contributed by atoms with Crippen LogP contribution < -0.4 is 14.4 Å². The van der Waals surface area contributed by atoms with E-state index in [1.165, 1.54) is 13.2 Å². The maximum Gasteiger partial charge on any atom is 0.243 e. The van der Waals surface area contributed by atoms with Crippen LogP contribution in [-0.4, -0.2) is 89.8 Å². The van der Waals surface area contributed by atoms with Crippen LogP contribution in [0, 0.1) is 0 Å². The highest BCUT2D eigenvalue weighted by atomic mass is 35.5. The summed E-state index contributed by atoms with van der Waals surface area (Å²) in [7, 11) is -0.190. The minimum absolute atomic E-state index is 0.239. The molecule has 0 aromatic heterocycles. The summed E-state index contributed by atoms with van der Waals surface area (Å²) in [6, 6.07) is 3.73. The van der Waals surface area contributed by atoms with Gasteiger partial charge in [0.15, 0.2) is 0 Å². The Labute approximate surface area is 178 Å². The monoisotopic (exact) mass is 446 g/mol. The average Bonchev–Trinajstić information content (AvgIpc) is 2.65. The van der Waals surface area contributed by atoms with Gasteiger partial charge in [0, 0.05) is 37.7 Å². The van der Waals surface area contributed by atoms with Gasteiger partial charge in [0.05, 0.1) is 19.1 Å². The van der Waals surface area contributed by atoms with Crippen molar-refractivity contribution in [2.24, 2.45) is 0 Å². The Morgan fingerprint density at radius 1 is 1.31 bits per heavy atom. The number of amides is 1. The summed E-state index contributed by atoms with van der Waals surface area (Å²) in [4.78, 5) is 17.3. The lowest BCUT2D eigenvalue weighted by Gasteiger charge is -2.32. The van der Waals surface area contributed by atoms with Crippen LogP contribution in [0.4, 0.5) is 5.69 Å². The second kappa shape index (κ2) is 10.5. The summed E-state index contributed by atoms with van der Waals surface area (Å²) in [6.45, 7) is 7.09. The van der Waals surface area contributed by atoms with E-state index in [1.54, 1.807) is 19.1 Å². The smallest absolute Gasteiger partial charge is 0.243 e. The molecule has 0 radical (unpaired) electrons. The normalized spacial score (nSPS) is 17.0. The first-order chi connectivity index (χ1) is 13.6. The van der Waals surface area contributed by atoms with Crippen LogP contribution in [0.25, 0.3) is 0 Å². The fourth-order valence-electron chi connectivity index (χ4n) is 3.35. The van der Waals surface area contributed by atoms with Crippen LogP contribution in [0.15, 0.2) is 18.2 Å². The van der Waals surface area contributed by atoms with Gasteiger partial charge in [-0.15, -0.1) is 0 Å². The molecular formula is C19H31ClN4O4S.